The minimum Gasteiger partial charge on any atom is -0.481 e. The molecule has 0 radical (unpaired) electrons. The Labute approximate surface area is 180 Å². The van der Waals surface area contributed by atoms with Crippen molar-refractivity contribution in [1.29, 1.82) is 0 Å². The highest BCUT2D eigenvalue weighted by molar-refractivity contribution is 7.92. The maximum Gasteiger partial charge on any atom is 0.303 e. The number of nitrogens with zero attached hydrogens (tertiary/aromatic N) is 1. The Kier molecular flexibility index (Phi) is 8.29. The summed E-state index contributed by atoms with van der Waals surface area (Å²) in [5, 5.41) is 8.67. The van der Waals surface area contributed by atoms with E-state index in [1.54, 1.807) is 18.2 Å². The molecule has 0 aliphatic rings. The minimum absolute atomic E-state index is 0.202. The Morgan fingerprint density at radius 3 is 2.23 bits per heavy atom. The highest BCUT2D eigenvalue weighted by Crippen LogP contribution is 2.28. The van der Waals surface area contributed by atoms with Crippen LogP contribution in [0.1, 0.15) is 48.8 Å². The van der Waals surface area contributed by atoms with E-state index in [4.69, 9.17) is 5.11 Å². The zero-order valence-electron chi connectivity index (χ0n) is 18.2. The van der Waals surface area contributed by atoms with Gasteiger partial charge in [-0.2, -0.15) is 0 Å². The van der Waals surface area contributed by atoms with Gasteiger partial charge in [-0.05, 0) is 74.1 Å². The first-order valence-electron chi connectivity index (χ1n) is 10.2. The summed E-state index contributed by atoms with van der Waals surface area (Å²) in [5.74, 6) is -0.762. The van der Waals surface area contributed by atoms with Crippen LogP contribution < -0.4 is 9.62 Å². The maximum absolute atomic E-state index is 13.0. The molecular weight excluding hydrogens is 400 g/mol. The van der Waals surface area contributed by atoms with Crippen LogP contribution in [0.2, 0.25) is 0 Å². The molecule has 2 aromatic carbocycles. The lowest BCUT2D eigenvalue weighted by Gasteiger charge is -2.19. The molecule has 0 saturated heterocycles. The van der Waals surface area contributed by atoms with Gasteiger partial charge in [-0.1, -0.05) is 25.0 Å². The molecule has 0 fully saturated rings. The molecule has 6 nitrogen and oxygen atoms in total. The van der Waals surface area contributed by atoms with Crippen LogP contribution >= 0.6 is 0 Å². The average molecular weight is 433 g/mol. The maximum atomic E-state index is 13.0. The van der Waals surface area contributed by atoms with Crippen LogP contribution in [0.25, 0.3) is 0 Å². The van der Waals surface area contributed by atoms with Gasteiger partial charge in [0.2, 0.25) is 0 Å². The van der Waals surface area contributed by atoms with Crippen molar-refractivity contribution in [3.05, 3.63) is 53.1 Å². The highest BCUT2D eigenvalue weighted by atomic mass is 32.2. The van der Waals surface area contributed by atoms with E-state index in [0.29, 0.717) is 12.1 Å². The van der Waals surface area contributed by atoms with Crippen LogP contribution in [-0.4, -0.2) is 33.6 Å². The lowest BCUT2D eigenvalue weighted by molar-refractivity contribution is -0.137. The van der Waals surface area contributed by atoms with Crippen molar-refractivity contribution in [2.75, 3.05) is 23.7 Å². The topological polar surface area (TPSA) is 86.7 Å². The van der Waals surface area contributed by atoms with Gasteiger partial charge >= 0.3 is 5.97 Å². The average Bonchev–Trinajstić information content (AvgIpc) is 2.67. The number of aliphatic carboxylic acids is 1. The number of carboxylic acid groups (broad SMARTS) is 1. The van der Waals surface area contributed by atoms with Gasteiger partial charge in [-0.15, -0.1) is 0 Å². The number of unbranched alkanes of at least 4 members (excludes halogenated alkanes) is 3. The van der Waals surface area contributed by atoms with Gasteiger partial charge in [0.1, 0.15) is 0 Å². The molecule has 0 aliphatic heterocycles. The van der Waals surface area contributed by atoms with Gasteiger partial charge in [0.15, 0.2) is 0 Å². The number of rotatable bonds is 11. The first kappa shape index (κ1) is 23.7. The fourth-order valence-corrected chi connectivity index (χ4v) is 4.65. The molecule has 7 heteroatoms. The summed E-state index contributed by atoms with van der Waals surface area (Å²) in [6.45, 7) is 3.80. The predicted octanol–water partition coefficient (Wildman–Crippen LogP) is 4.75. The zero-order valence-corrected chi connectivity index (χ0v) is 19.1. The third-order valence-corrected chi connectivity index (χ3v) is 6.43. The standard InChI is InChI=1S/C23H32N2O4S/c1-17-14-20(25(3)4)15-18(2)23(17)24-30(28,29)21-12-9-11-19(16-21)10-7-5-6-8-13-22(26)27/h9,11-12,14-16,24H,5-8,10,13H2,1-4H3,(H,26,27). The van der Waals surface area contributed by atoms with Gasteiger partial charge in [0.05, 0.1) is 10.6 Å². The number of hydrogen-bond donors (Lipinski definition) is 2. The quantitative estimate of drug-likeness (QED) is 0.501. The van der Waals surface area contributed by atoms with E-state index in [-0.39, 0.29) is 11.3 Å². The Morgan fingerprint density at radius 1 is 1.00 bits per heavy atom. The highest BCUT2D eigenvalue weighted by Gasteiger charge is 2.18. The number of aryl methyl sites for hydroxylation is 3. The summed E-state index contributed by atoms with van der Waals surface area (Å²) in [6, 6.07) is 11.0. The Hall–Kier alpha value is -2.54. The second kappa shape index (κ2) is 10.5. The third kappa shape index (κ3) is 6.76. The third-order valence-electron chi connectivity index (χ3n) is 5.09. The first-order valence-corrected chi connectivity index (χ1v) is 11.7. The molecule has 0 aromatic heterocycles. The molecule has 0 saturated carbocycles. The van der Waals surface area contributed by atoms with Crippen LogP contribution in [0.15, 0.2) is 41.3 Å². The number of nitrogens with one attached hydrogen (secondary N) is 1. The SMILES string of the molecule is Cc1cc(N(C)C)cc(C)c1NS(=O)(=O)c1cccc(CCCCCCC(=O)O)c1. The van der Waals surface area contributed by atoms with Gasteiger partial charge in [0.25, 0.3) is 10.0 Å². The minimum atomic E-state index is -3.69. The normalized spacial score (nSPS) is 11.3. The molecule has 0 aliphatic carbocycles. The number of carbonyl (C=O) groups is 1. The number of sulfonamides is 1. The molecule has 0 atom stereocenters. The van der Waals surface area contributed by atoms with E-state index in [9.17, 15) is 13.2 Å². The molecule has 0 amide bonds. The van der Waals surface area contributed by atoms with Gasteiger partial charge < -0.3 is 10.0 Å². The molecule has 2 rings (SSSR count). The number of benzene rings is 2. The molecule has 30 heavy (non-hydrogen) atoms. The van der Waals surface area contributed by atoms with Crippen molar-refractivity contribution < 1.29 is 18.3 Å². The van der Waals surface area contributed by atoms with Gasteiger partial charge in [-0.3, -0.25) is 9.52 Å². The van der Waals surface area contributed by atoms with E-state index >= 15 is 0 Å². The summed E-state index contributed by atoms with van der Waals surface area (Å²) in [5.41, 5.74) is 4.36. The van der Waals surface area contributed by atoms with Crippen LogP contribution in [0.3, 0.4) is 0 Å². The monoisotopic (exact) mass is 432 g/mol. The van der Waals surface area contributed by atoms with Gasteiger partial charge in [-0.25, -0.2) is 8.42 Å². The van der Waals surface area contributed by atoms with Crippen LogP contribution in [-0.2, 0) is 21.2 Å². The fourth-order valence-electron chi connectivity index (χ4n) is 3.38. The molecule has 0 bridgehead atoms. The van der Waals surface area contributed by atoms with E-state index in [0.717, 1.165) is 48.1 Å². The Morgan fingerprint density at radius 2 is 1.63 bits per heavy atom. The van der Waals surface area contributed by atoms with Crippen LogP contribution in [0, 0.1) is 13.8 Å². The van der Waals surface area contributed by atoms with E-state index in [1.807, 2.05) is 51.0 Å². The second-order valence-corrected chi connectivity index (χ2v) is 9.59. The van der Waals surface area contributed by atoms with Crippen molar-refractivity contribution in [2.24, 2.45) is 0 Å². The van der Waals surface area contributed by atoms with E-state index < -0.39 is 16.0 Å². The Bertz CT molecular complexity index is 961. The summed E-state index contributed by atoms with van der Waals surface area (Å²) in [6.07, 6.45) is 4.35. The smallest absolute Gasteiger partial charge is 0.303 e. The lowest BCUT2D eigenvalue weighted by Crippen LogP contribution is -2.16. The van der Waals surface area contributed by atoms with Crippen molar-refractivity contribution in [3.63, 3.8) is 0 Å². The van der Waals surface area contributed by atoms with Crippen molar-refractivity contribution in [3.8, 4) is 0 Å². The van der Waals surface area contributed by atoms with E-state index in [2.05, 4.69) is 4.72 Å². The second-order valence-electron chi connectivity index (χ2n) is 7.91. The number of anilines is 2. The first-order chi connectivity index (χ1) is 14.1. The zero-order chi connectivity index (χ0) is 22.3. The lowest BCUT2D eigenvalue weighted by atomic mass is 10.1. The molecule has 164 valence electrons. The summed E-state index contributed by atoms with van der Waals surface area (Å²) in [4.78, 5) is 12.8. The summed E-state index contributed by atoms with van der Waals surface area (Å²) >= 11 is 0. The molecule has 0 unspecified atom stereocenters. The summed E-state index contributed by atoms with van der Waals surface area (Å²) < 4.78 is 28.7. The van der Waals surface area contributed by atoms with E-state index in [1.165, 1.54) is 0 Å². The van der Waals surface area contributed by atoms with Crippen molar-refractivity contribution >= 4 is 27.4 Å². The van der Waals surface area contributed by atoms with Crippen molar-refractivity contribution in [1.82, 2.24) is 0 Å². The molecule has 0 heterocycles. The fraction of sp³-hybridized carbons (Fsp3) is 0.435. The Balaban J connectivity index is 2.06. The van der Waals surface area contributed by atoms with Crippen molar-refractivity contribution in [2.45, 2.75) is 57.3 Å². The molecule has 2 aromatic rings. The molecule has 0 spiro atoms. The number of hydrogen-bond acceptors (Lipinski definition) is 4. The molecular formula is C23H32N2O4S. The van der Waals surface area contributed by atoms with Gasteiger partial charge in [0, 0.05) is 26.2 Å². The van der Waals surface area contributed by atoms with Crippen LogP contribution in [0.4, 0.5) is 11.4 Å². The number of carboxylic acids is 1. The van der Waals surface area contributed by atoms with Crippen LogP contribution in [0.5, 0.6) is 0 Å². The largest absolute Gasteiger partial charge is 0.481 e. The molecule has 2 N–H and O–H groups in total. The predicted molar refractivity (Wildman–Crippen MR) is 122 cm³/mol. The summed E-state index contributed by atoms with van der Waals surface area (Å²) in [7, 11) is 0.217.